The zero-order valence-electron chi connectivity index (χ0n) is 6.45. The fourth-order valence-corrected chi connectivity index (χ4v) is 0.932. The summed E-state index contributed by atoms with van der Waals surface area (Å²) in [5.41, 5.74) is 4.03. The molecule has 0 saturated heterocycles. The number of nitrogens with two attached hydrogens (primary N) is 1. The molecule has 0 unspecified atom stereocenters. The number of nitro benzene ring substituents is 1. The molecule has 0 spiro atoms. The van der Waals surface area contributed by atoms with Gasteiger partial charge in [-0.15, -0.1) is 0 Å². The van der Waals surface area contributed by atoms with Gasteiger partial charge in [0.05, 0.1) is 4.92 Å². The van der Waals surface area contributed by atoms with Gasteiger partial charge >= 0.3 is 0 Å². The number of nitro groups is 1. The second kappa shape index (κ2) is 3.18. The van der Waals surface area contributed by atoms with Gasteiger partial charge in [-0.25, -0.2) is 4.39 Å². The number of nitrogens with zero attached hydrogens (tertiary/aromatic N) is 1. The lowest BCUT2D eigenvalue weighted by Crippen LogP contribution is -2.15. The van der Waals surface area contributed by atoms with Crippen LogP contribution in [0.15, 0.2) is 18.2 Å². The van der Waals surface area contributed by atoms with Gasteiger partial charge in [0.15, 0.2) is 0 Å². The van der Waals surface area contributed by atoms with Crippen molar-refractivity contribution in [2.24, 2.45) is 5.73 Å². The van der Waals surface area contributed by atoms with Crippen LogP contribution in [0, 0.1) is 21.3 Å². The minimum Gasteiger partial charge on any atom is -0.383 e. The number of nitrogens with one attached hydrogen (secondary N) is 1. The lowest BCUT2D eigenvalue weighted by Gasteiger charge is -2.00. The molecule has 0 saturated carbocycles. The Morgan fingerprint density at radius 1 is 1.62 bits per heavy atom. The molecule has 0 aliphatic heterocycles. The smallest absolute Gasteiger partial charge is 0.283 e. The quantitative estimate of drug-likeness (QED) is 0.310. The average molecular weight is 183 g/mol. The number of benzene rings is 1. The summed E-state index contributed by atoms with van der Waals surface area (Å²) in [5, 5.41) is 17.3. The highest BCUT2D eigenvalue weighted by Crippen LogP contribution is 2.20. The molecule has 13 heavy (non-hydrogen) atoms. The normalized spacial score (nSPS) is 9.62. The van der Waals surface area contributed by atoms with E-state index in [1.54, 1.807) is 0 Å². The molecule has 0 heterocycles. The molecule has 1 aromatic rings. The van der Waals surface area contributed by atoms with Crippen molar-refractivity contribution < 1.29 is 9.31 Å². The second-order valence-corrected chi connectivity index (χ2v) is 2.30. The van der Waals surface area contributed by atoms with Crippen LogP contribution in [-0.4, -0.2) is 10.8 Å². The minimum atomic E-state index is -0.860. The Labute approximate surface area is 72.6 Å². The van der Waals surface area contributed by atoms with E-state index >= 15 is 0 Å². The van der Waals surface area contributed by atoms with Crippen molar-refractivity contribution in [1.29, 1.82) is 5.41 Å². The van der Waals surface area contributed by atoms with Gasteiger partial charge in [0, 0.05) is 6.07 Å². The van der Waals surface area contributed by atoms with Crippen molar-refractivity contribution in [1.82, 2.24) is 0 Å². The highest BCUT2D eigenvalue weighted by atomic mass is 19.1. The van der Waals surface area contributed by atoms with Crippen molar-refractivity contribution in [3.8, 4) is 0 Å². The van der Waals surface area contributed by atoms with Crippen molar-refractivity contribution in [2.45, 2.75) is 0 Å². The first-order valence-electron chi connectivity index (χ1n) is 3.31. The first-order chi connectivity index (χ1) is 6.04. The molecular formula is C7H6FN3O2. The third-order valence-corrected chi connectivity index (χ3v) is 1.46. The Morgan fingerprint density at radius 2 is 2.23 bits per heavy atom. The van der Waals surface area contributed by atoms with E-state index in [0.717, 1.165) is 12.1 Å². The number of halogens is 1. The maximum absolute atomic E-state index is 12.9. The summed E-state index contributed by atoms with van der Waals surface area (Å²) in [6, 6.07) is 3.31. The Morgan fingerprint density at radius 3 is 2.62 bits per heavy atom. The molecule has 0 bridgehead atoms. The van der Waals surface area contributed by atoms with Crippen LogP contribution in [0.4, 0.5) is 10.1 Å². The van der Waals surface area contributed by atoms with Gasteiger partial charge in [-0.3, -0.25) is 15.5 Å². The Hall–Kier alpha value is -1.98. The number of amidine groups is 1. The van der Waals surface area contributed by atoms with E-state index in [4.69, 9.17) is 11.1 Å². The highest BCUT2D eigenvalue weighted by Gasteiger charge is 2.19. The average Bonchev–Trinajstić information content (AvgIpc) is 2.02. The van der Waals surface area contributed by atoms with E-state index in [2.05, 4.69) is 0 Å². The molecule has 6 heteroatoms. The fraction of sp³-hybridized carbons (Fsp3) is 0. The molecule has 3 N–H and O–H groups in total. The molecule has 0 aliphatic carbocycles. The van der Waals surface area contributed by atoms with Crippen LogP contribution in [0.5, 0.6) is 0 Å². The van der Waals surface area contributed by atoms with E-state index in [0.29, 0.717) is 0 Å². The molecular weight excluding hydrogens is 177 g/mol. The molecule has 0 aromatic heterocycles. The fourth-order valence-electron chi connectivity index (χ4n) is 0.932. The number of hydrogen-bond acceptors (Lipinski definition) is 3. The highest BCUT2D eigenvalue weighted by molar-refractivity contribution is 5.99. The predicted octanol–water partition coefficient (Wildman–Crippen LogP) is 1.02. The maximum atomic E-state index is 12.9. The Balaban J connectivity index is 3.43. The van der Waals surface area contributed by atoms with Crippen LogP contribution in [0.3, 0.4) is 0 Å². The molecule has 0 atom stereocenters. The van der Waals surface area contributed by atoms with E-state index in [1.807, 2.05) is 0 Å². The molecule has 0 fully saturated rings. The first kappa shape index (κ1) is 9.11. The Kier molecular flexibility index (Phi) is 2.23. The van der Waals surface area contributed by atoms with E-state index in [1.165, 1.54) is 6.07 Å². The molecule has 1 aromatic carbocycles. The van der Waals surface area contributed by atoms with E-state index in [9.17, 15) is 14.5 Å². The van der Waals surface area contributed by atoms with E-state index in [-0.39, 0.29) is 0 Å². The van der Waals surface area contributed by atoms with Crippen LogP contribution >= 0.6 is 0 Å². The lowest BCUT2D eigenvalue weighted by atomic mass is 10.1. The lowest BCUT2D eigenvalue weighted by molar-refractivity contribution is -0.385. The van der Waals surface area contributed by atoms with Gasteiger partial charge in [-0.05, 0) is 6.07 Å². The molecule has 5 nitrogen and oxygen atoms in total. The number of nitrogen functional groups attached to an aromatic ring is 1. The molecule has 0 aliphatic rings. The standard InChI is InChI=1S/C7H6FN3O2/c8-4-2-1-3-5(11(12)13)6(4)7(9)10/h1-3H,(H3,9,10). The summed E-state index contributed by atoms with van der Waals surface area (Å²) in [4.78, 5) is 9.59. The van der Waals surface area contributed by atoms with Gasteiger partial charge in [0.25, 0.3) is 5.69 Å². The van der Waals surface area contributed by atoms with Crippen LogP contribution < -0.4 is 5.73 Å². The monoisotopic (exact) mass is 183 g/mol. The van der Waals surface area contributed by atoms with Gasteiger partial charge < -0.3 is 5.73 Å². The summed E-state index contributed by atoms with van der Waals surface area (Å²) in [7, 11) is 0. The maximum Gasteiger partial charge on any atom is 0.283 e. The SMILES string of the molecule is N=C(N)c1c(F)cccc1[N+](=O)[O-]. The zero-order valence-corrected chi connectivity index (χ0v) is 6.45. The van der Waals surface area contributed by atoms with Crippen molar-refractivity contribution in [2.75, 3.05) is 0 Å². The first-order valence-corrected chi connectivity index (χ1v) is 3.31. The summed E-state index contributed by atoms with van der Waals surface area (Å²) in [6.45, 7) is 0. The third-order valence-electron chi connectivity index (χ3n) is 1.46. The number of rotatable bonds is 2. The topological polar surface area (TPSA) is 93.0 Å². The van der Waals surface area contributed by atoms with Crippen LogP contribution in [-0.2, 0) is 0 Å². The molecule has 0 radical (unpaired) electrons. The third kappa shape index (κ3) is 1.61. The van der Waals surface area contributed by atoms with Crippen LogP contribution in [0.1, 0.15) is 5.56 Å². The zero-order chi connectivity index (χ0) is 10.0. The van der Waals surface area contributed by atoms with Gasteiger partial charge in [-0.1, -0.05) is 6.07 Å². The van der Waals surface area contributed by atoms with Crippen molar-refractivity contribution >= 4 is 11.5 Å². The van der Waals surface area contributed by atoms with Crippen molar-refractivity contribution in [3.05, 3.63) is 39.7 Å². The number of hydrogen-bond donors (Lipinski definition) is 2. The summed E-state index contributed by atoms with van der Waals surface area (Å²) < 4.78 is 12.9. The largest absolute Gasteiger partial charge is 0.383 e. The van der Waals surface area contributed by atoms with Gasteiger partial charge in [0.1, 0.15) is 17.2 Å². The summed E-state index contributed by atoms with van der Waals surface area (Å²) in [6.07, 6.45) is 0. The minimum absolute atomic E-state index is 0.465. The van der Waals surface area contributed by atoms with Crippen LogP contribution in [0.2, 0.25) is 0 Å². The predicted molar refractivity (Wildman–Crippen MR) is 44.1 cm³/mol. The Bertz CT molecular complexity index is 378. The summed E-state index contributed by atoms with van der Waals surface area (Å²) >= 11 is 0. The van der Waals surface area contributed by atoms with Crippen LogP contribution in [0.25, 0.3) is 0 Å². The van der Waals surface area contributed by atoms with E-state index < -0.39 is 27.8 Å². The van der Waals surface area contributed by atoms with Gasteiger partial charge in [0.2, 0.25) is 0 Å². The van der Waals surface area contributed by atoms with Crippen molar-refractivity contribution in [3.63, 3.8) is 0 Å². The molecule has 0 amide bonds. The second-order valence-electron chi connectivity index (χ2n) is 2.30. The molecule has 68 valence electrons. The summed E-state index contributed by atoms with van der Waals surface area (Å²) in [5.74, 6) is -1.51. The molecule has 1 rings (SSSR count). The van der Waals surface area contributed by atoms with Gasteiger partial charge in [-0.2, -0.15) is 0 Å².